The summed E-state index contributed by atoms with van der Waals surface area (Å²) in [5.41, 5.74) is 0.456. The van der Waals surface area contributed by atoms with Gasteiger partial charge in [-0.25, -0.2) is 8.42 Å². The molecule has 0 aliphatic carbocycles. The number of Topliss-reactive ketones (excluding diaryl/α,β-unsaturated/α-hetero) is 1. The van der Waals surface area contributed by atoms with E-state index in [1.807, 2.05) is 0 Å². The Balaban J connectivity index is 2.18. The van der Waals surface area contributed by atoms with Crippen LogP contribution in [0, 0.1) is 0 Å². The molecule has 1 amide bonds. The second kappa shape index (κ2) is 5.97. The highest BCUT2D eigenvalue weighted by Crippen LogP contribution is 2.23. The Kier molecular flexibility index (Phi) is 4.46. The van der Waals surface area contributed by atoms with E-state index in [1.54, 1.807) is 4.90 Å². The zero-order valence-electron chi connectivity index (χ0n) is 12.2. The SMILES string of the molecule is CC(=O)CC1CCCN1C(=O)c1ccc(S(C)(=O)=O)cc1. The third-order valence-corrected chi connectivity index (χ3v) is 4.82. The van der Waals surface area contributed by atoms with E-state index in [2.05, 4.69) is 0 Å². The van der Waals surface area contributed by atoms with E-state index in [0.717, 1.165) is 19.1 Å². The lowest BCUT2D eigenvalue weighted by Crippen LogP contribution is -2.36. The molecule has 1 aliphatic rings. The van der Waals surface area contributed by atoms with Crippen molar-refractivity contribution in [2.24, 2.45) is 0 Å². The van der Waals surface area contributed by atoms with Crippen molar-refractivity contribution in [3.63, 3.8) is 0 Å². The van der Waals surface area contributed by atoms with Crippen LogP contribution in [0.2, 0.25) is 0 Å². The maximum absolute atomic E-state index is 12.5. The summed E-state index contributed by atoms with van der Waals surface area (Å²) in [6.07, 6.45) is 3.25. The lowest BCUT2D eigenvalue weighted by molar-refractivity contribution is -0.117. The first-order valence-corrected chi connectivity index (χ1v) is 8.78. The zero-order chi connectivity index (χ0) is 15.6. The van der Waals surface area contributed by atoms with E-state index in [0.29, 0.717) is 18.5 Å². The van der Waals surface area contributed by atoms with E-state index >= 15 is 0 Å². The summed E-state index contributed by atoms with van der Waals surface area (Å²) in [6.45, 7) is 2.17. The fourth-order valence-corrected chi connectivity index (χ4v) is 3.29. The topological polar surface area (TPSA) is 71.5 Å². The molecule has 1 saturated heterocycles. The van der Waals surface area contributed by atoms with Crippen LogP contribution in [0.25, 0.3) is 0 Å². The van der Waals surface area contributed by atoms with Crippen LogP contribution < -0.4 is 0 Å². The van der Waals surface area contributed by atoms with Crippen molar-refractivity contribution >= 4 is 21.5 Å². The van der Waals surface area contributed by atoms with E-state index in [9.17, 15) is 18.0 Å². The van der Waals surface area contributed by atoms with Crippen LogP contribution in [0.4, 0.5) is 0 Å². The van der Waals surface area contributed by atoms with Crippen molar-refractivity contribution in [3.8, 4) is 0 Å². The molecule has 1 atom stereocenters. The largest absolute Gasteiger partial charge is 0.335 e. The molecular weight excluding hydrogens is 290 g/mol. The van der Waals surface area contributed by atoms with E-state index in [1.165, 1.54) is 31.2 Å². The van der Waals surface area contributed by atoms with Gasteiger partial charge in [-0.2, -0.15) is 0 Å². The number of hydrogen-bond acceptors (Lipinski definition) is 4. The second-order valence-electron chi connectivity index (χ2n) is 5.50. The van der Waals surface area contributed by atoms with Crippen LogP contribution in [0.15, 0.2) is 29.2 Å². The molecule has 1 fully saturated rings. The molecule has 1 aliphatic heterocycles. The smallest absolute Gasteiger partial charge is 0.254 e. The number of rotatable bonds is 4. The summed E-state index contributed by atoms with van der Waals surface area (Å²) in [5, 5.41) is 0. The molecule has 0 aromatic heterocycles. The van der Waals surface area contributed by atoms with Crippen molar-refractivity contribution < 1.29 is 18.0 Å². The first kappa shape index (κ1) is 15.7. The number of amides is 1. The molecule has 1 aromatic carbocycles. The van der Waals surface area contributed by atoms with Crippen molar-refractivity contribution in [1.29, 1.82) is 0 Å². The monoisotopic (exact) mass is 309 g/mol. The van der Waals surface area contributed by atoms with Gasteiger partial charge in [0.1, 0.15) is 5.78 Å². The van der Waals surface area contributed by atoms with E-state index in [4.69, 9.17) is 0 Å². The molecule has 21 heavy (non-hydrogen) atoms. The third-order valence-electron chi connectivity index (χ3n) is 3.69. The van der Waals surface area contributed by atoms with Crippen molar-refractivity contribution in [1.82, 2.24) is 4.90 Å². The predicted octanol–water partition coefficient (Wildman–Crippen LogP) is 1.67. The molecule has 1 heterocycles. The Labute approximate surface area is 124 Å². The number of carbonyl (C=O) groups excluding carboxylic acids is 2. The number of benzene rings is 1. The molecule has 0 bridgehead atoms. The first-order valence-electron chi connectivity index (χ1n) is 6.89. The van der Waals surface area contributed by atoms with Crippen LogP contribution in [-0.4, -0.2) is 43.9 Å². The van der Waals surface area contributed by atoms with Gasteiger partial charge in [0.2, 0.25) is 0 Å². The van der Waals surface area contributed by atoms with Gasteiger partial charge in [-0.3, -0.25) is 9.59 Å². The lowest BCUT2D eigenvalue weighted by atomic mass is 10.1. The van der Waals surface area contributed by atoms with Gasteiger partial charge in [0.15, 0.2) is 9.84 Å². The van der Waals surface area contributed by atoms with Crippen LogP contribution >= 0.6 is 0 Å². The molecule has 0 spiro atoms. The zero-order valence-corrected chi connectivity index (χ0v) is 13.0. The van der Waals surface area contributed by atoms with Crippen molar-refractivity contribution in [2.75, 3.05) is 12.8 Å². The Bertz CT molecular complexity index is 649. The number of carbonyl (C=O) groups is 2. The van der Waals surface area contributed by atoms with Gasteiger partial charge in [0, 0.05) is 30.8 Å². The van der Waals surface area contributed by atoms with Gasteiger partial charge >= 0.3 is 0 Å². The molecule has 114 valence electrons. The number of ketones is 1. The number of hydrogen-bond donors (Lipinski definition) is 0. The molecule has 1 unspecified atom stereocenters. The highest BCUT2D eigenvalue weighted by Gasteiger charge is 2.30. The van der Waals surface area contributed by atoms with E-state index in [-0.39, 0.29) is 22.6 Å². The van der Waals surface area contributed by atoms with Crippen LogP contribution in [0.3, 0.4) is 0 Å². The highest BCUT2D eigenvalue weighted by molar-refractivity contribution is 7.90. The molecule has 5 nitrogen and oxygen atoms in total. The van der Waals surface area contributed by atoms with Gasteiger partial charge in [0.25, 0.3) is 5.91 Å². The number of sulfone groups is 1. The maximum Gasteiger partial charge on any atom is 0.254 e. The highest BCUT2D eigenvalue weighted by atomic mass is 32.2. The Hall–Kier alpha value is -1.69. The maximum atomic E-state index is 12.5. The average molecular weight is 309 g/mol. The summed E-state index contributed by atoms with van der Waals surface area (Å²) in [6, 6.07) is 5.91. The van der Waals surface area contributed by atoms with Crippen molar-refractivity contribution in [3.05, 3.63) is 29.8 Å². The van der Waals surface area contributed by atoms with Gasteiger partial charge in [-0.15, -0.1) is 0 Å². The van der Waals surface area contributed by atoms with Gasteiger partial charge in [0.05, 0.1) is 4.90 Å². The Morgan fingerprint density at radius 2 is 1.86 bits per heavy atom. The van der Waals surface area contributed by atoms with Crippen LogP contribution in [-0.2, 0) is 14.6 Å². The lowest BCUT2D eigenvalue weighted by Gasteiger charge is -2.24. The summed E-state index contributed by atoms with van der Waals surface area (Å²) in [5.74, 6) is -0.0640. The van der Waals surface area contributed by atoms with E-state index < -0.39 is 9.84 Å². The first-order chi connectivity index (χ1) is 9.79. The molecule has 0 N–H and O–H groups in total. The molecular formula is C15H19NO4S. The molecule has 6 heteroatoms. The molecule has 0 radical (unpaired) electrons. The third kappa shape index (κ3) is 3.69. The summed E-state index contributed by atoms with van der Waals surface area (Å²) < 4.78 is 22.8. The second-order valence-corrected chi connectivity index (χ2v) is 7.51. The number of likely N-dealkylation sites (tertiary alicyclic amines) is 1. The van der Waals surface area contributed by atoms with Gasteiger partial charge < -0.3 is 4.90 Å². The van der Waals surface area contributed by atoms with Gasteiger partial charge in [-0.05, 0) is 44.0 Å². The number of nitrogens with zero attached hydrogens (tertiary/aromatic N) is 1. The summed E-state index contributed by atoms with van der Waals surface area (Å²) >= 11 is 0. The minimum atomic E-state index is -3.26. The van der Waals surface area contributed by atoms with Crippen molar-refractivity contribution in [2.45, 2.75) is 37.1 Å². The summed E-state index contributed by atoms with van der Waals surface area (Å²) in [7, 11) is -3.26. The molecule has 1 aromatic rings. The van der Waals surface area contributed by atoms with Crippen LogP contribution in [0.1, 0.15) is 36.5 Å². The normalized spacial score (nSPS) is 18.8. The molecule has 2 rings (SSSR count). The van der Waals surface area contributed by atoms with Crippen LogP contribution in [0.5, 0.6) is 0 Å². The fourth-order valence-electron chi connectivity index (χ4n) is 2.66. The average Bonchev–Trinajstić information content (AvgIpc) is 2.84. The van der Waals surface area contributed by atoms with Gasteiger partial charge in [-0.1, -0.05) is 0 Å². The quantitative estimate of drug-likeness (QED) is 0.848. The standard InChI is InChI=1S/C15H19NO4S/c1-11(17)10-13-4-3-9-16(13)15(18)12-5-7-14(8-6-12)21(2,19)20/h5-8,13H,3-4,9-10H2,1-2H3. The molecule has 0 saturated carbocycles. The Morgan fingerprint density at radius 1 is 1.24 bits per heavy atom. The minimum Gasteiger partial charge on any atom is -0.335 e. The Morgan fingerprint density at radius 3 is 2.38 bits per heavy atom. The fraction of sp³-hybridized carbons (Fsp3) is 0.467. The summed E-state index contributed by atoms with van der Waals surface area (Å²) in [4.78, 5) is 25.6. The predicted molar refractivity (Wildman–Crippen MR) is 78.9 cm³/mol. The minimum absolute atomic E-state index is 0.0374.